The number of carbonyl (C=O) groups excluding carboxylic acids is 1. The van der Waals surface area contributed by atoms with Crippen molar-refractivity contribution in [3.8, 4) is 28.3 Å². The summed E-state index contributed by atoms with van der Waals surface area (Å²) in [5, 5.41) is 2.81. The number of nitrogens with one attached hydrogen (secondary N) is 1. The smallest absolute Gasteiger partial charge is 0.387 e. The topological polar surface area (TPSA) is 77.2 Å². The molecule has 0 saturated heterocycles. The number of hydrogen-bond acceptors (Lipinski definition) is 6. The first-order valence-electron chi connectivity index (χ1n) is 10.7. The van der Waals surface area contributed by atoms with Crippen molar-refractivity contribution < 1.29 is 31.5 Å². The minimum atomic E-state index is -2.95. The maximum absolute atomic E-state index is 12.7. The molecule has 0 saturated carbocycles. The summed E-state index contributed by atoms with van der Waals surface area (Å²) in [4.78, 5) is 19.0. The number of aryl methyl sites for hydroxylation is 1. The van der Waals surface area contributed by atoms with Crippen LogP contribution in [0.1, 0.15) is 28.7 Å². The van der Waals surface area contributed by atoms with E-state index < -0.39 is 12.5 Å². The van der Waals surface area contributed by atoms with Gasteiger partial charge in [-0.15, -0.1) is 0 Å². The highest BCUT2D eigenvalue weighted by atomic mass is 19.3. The van der Waals surface area contributed by atoms with Gasteiger partial charge in [-0.05, 0) is 43.3 Å². The van der Waals surface area contributed by atoms with Gasteiger partial charge in [-0.3, -0.25) is 9.78 Å². The Hall–Kier alpha value is -4.21. The highest BCUT2D eigenvalue weighted by molar-refractivity contribution is 5.77. The van der Waals surface area contributed by atoms with Crippen LogP contribution in [0.4, 0.5) is 23.2 Å². The van der Waals surface area contributed by atoms with Crippen LogP contribution in [-0.4, -0.2) is 29.9 Å². The first kappa shape index (κ1) is 26.4. The normalized spacial score (nSPS) is 11.0. The van der Waals surface area contributed by atoms with Crippen molar-refractivity contribution in [2.75, 3.05) is 12.4 Å². The molecule has 0 spiro atoms. The van der Waals surface area contributed by atoms with E-state index >= 15 is 0 Å². The number of ether oxygens (including phenoxy) is 1. The molecule has 2 heterocycles. The first-order chi connectivity index (χ1) is 17.1. The second-order valence-corrected chi connectivity index (χ2v) is 7.63. The SMILES string of the molecule is CNc1cccc(C(C)(F)F)c1.Cc1oc(-c2ccc(OC(F)F)c(-c3cccnc3)c2)nc1C=O. The number of halogens is 4. The first-order valence-corrected chi connectivity index (χ1v) is 10.7. The molecule has 10 heteroatoms. The average molecular weight is 501 g/mol. The molecule has 4 rings (SSSR count). The highest BCUT2D eigenvalue weighted by Gasteiger charge is 2.23. The Bertz CT molecular complexity index is 1310. The summed E-state index contributed by atoms with van der Waals surface area (Å²) < 4.78 is 60.8. The van der Waals surface area contributed by atoms with E-state index in [1.165, 1.54) is 30.5 Å². The van der Waals surface area contributed by atoms with Crippen LogP contribution in [0.2, 0.25) is 0 Å². The molecule has 4 aromatic rings. The molecule has 0 aliphatic carbocycles. The van der Waals surface area contributed by atoms with Crippen LogP contribution >= 0.6 is 0 Å². The lowest BCUT2D eigenvalue weighted by atomic mass is 10.0. The van der Waals surface area contributed by atoms with Gasteiger partial charge >= 0.3 is 6.61 Å². The van der Waals surface area contributed by atoms with Crippen molar-refractivity contribution in [3.63, 3.8) is 0 Å². The molecule has 0 amide bonds. The number of hydrogen-bond donors (Lipinski definition) is 1. The van der Waals surface area contributed by atoms with Crippen LogP contribution in [0.25, 0.3) is 22.6 Å². The van der Waals surface area contributed by atoms with Gasteiger partial charge in [0, 0.05) is 54.3 Å². The Morgan fingerprint density at radius 1 is 1.08 bits per heavy atom. The van der Waals surface area contributed by atoms with Crippen LogP contribution in [0.15, 0.2) is 71.4 Å². The van der Waals surface area contributed by atoms with Gasteiger partial charge in [0.05, 0.1) is 0 Å². The number of aldehydes is 1. The van der Waals surface area contributed by atoms with Crippen LogP contribution in [0.5, 0.6) is 5.75 Å². The van der Waals surface area contributed by atoms with Crippen molar-refractivity contribution in [2.24, 2.45) is 0 Å². The summed E-state index contributed by atoms with van der Waals surface area (Å²) in [6.45, 7) is -0.435. The third kappa shape index (κ3) is 6.68. The lowest BCUT2D eigenvalue weighted by Gasteiger charge is -2.11. The van der Waals surface area contributed by atoms with Crippen LogP contribution in [0.3, 0.4) is 0 Å². The van der Waals surface area contributed by atoms with Crippen LogP contribution in [0, 0.1) is 6.92 Å². The van der Waals surface area contributed by atoms with E-state index in [4.69, 9.17) is 4.42 Å². The van der Waals surface area contributed by atoms with Gasteiger partial charge in [-0.25, -0.2) is 13.8 Å². The van der Waals surface area contributed by atoms with E-state index in [-0.39, 0.29) is 22.9 Å². The molecule has 2 aromatic heterocycles. The second-order valence-electron chi connectivity index (χ2n) is 7.63. The van der Waals surface area contributed by atoms with Crippen molar-refractivity contribution in [1.82, 2.24) is 9.97 Å². The van der Waals surface area contributed by atoms with Crippen molar-refractivity contribution in [2.45, 2.75) is 26.4 Å². The zero-order valence-corrected chi connectivity index (χ0v) is 19.6. The minimum Gasteiger partial charge on any atom is -0.441 e. The summed E-state index contributed by atoms with van der Waals surface area (Å²) in [6, 6.07) is 14.2. The quantitative estimate of drug-likeness (QED) is 0.218. The number of nitrogens with zero attached hydrogens (tertiary/aromatic N) is 2. The molecule has 0 fully saturated rings. The maximum atomic E-state index is 12.7. The number of pyridine rings is 1. The fraction of sp³-hybridized carbons (Fsp3) is 0.192. The number of benzene rings is 2. The molecular formula is C26H23F4N3O3. The number of oxazole rings is 1. The third-order valence-electron chi connectivity index (χ3n) is 5.02. The molecule has 0 aliphatic heterocycles. The van der Waals surface area contributed by atoms with E-state index in [1.807, 2.05) is 0 Å². The van der Waals surface area contributed by atoms with Gasteiger partial charge in [0.2, 0.25) is 5.89 Å². The monoisotopic (exact) mass is 501 g/mol. The minimum absolute atomic E-state index is 0.0145. The molecule has 36 heavy (non-hydrogen) atoms. The lowest BCUT2D eigenvalue weighted by molar-refractivity contribution is -0.0494. The maximum Gasteiger partial charge on any atom is 0.387 e. The molecule has 188 valence electrons. The highest BCUT2D eigenvalue weighted by Crippen LogP contribution is 2.35. The zero-order chi connectivity index (χ0) is 26.3. The van der Waals surface area contributed by atoms with Crippen LogP contribution in [-0.2, 0) is 5.92 Å². The molecular weight excluding hydrogens is 478 g/mol. The molecule has 6 nitrogen and oxygen atoms in total. The van der Waals surface area contributed by atoms with E-state index in [0.717, 1.165) is 6.92 Å². The predicted octanol–water partition coefficient (Wildman–Crippen LogP) is 6.97. The number of carbonyl (C=O) groups is 1. The number of aromatic nitrogens is 2. The second kappa shape index (κ2) is 11.5. The molecule has 0 aliphatic rings. The largest absolute Gasteiger partial charge is 0.441 e. The summed E-state index contributed by atoms with van der Waals surface area (Å²) in [6.07, 6.45) is 3.71. The van der Waals surface area contributed by atoms with E-state index in [0.29, 0.717) is 34.4 Å². The standard InChI is InChI=1S/C17H12F2N2O3.C9H11F2N/c1-10-14(9-22)21-16(23-10)11-4-5-15(24-17(18)19)13(7-11)12-3-2-6-20-8-12;1-9(10,11)7-4-3-5-8(6-7)12-2/h2-9,17H,1H3;3-6,12H,1-2H3. The van der Waals surface area contributed by atoms with E-state index in [9.17, 15) is 22.4 Å². The summed E-state index contributed by atoms with van der Waals surface area (Å²) >= 11 is 0. The van der Waals surface area contributed by atoms with Crippen molar-refractivity contribution in [3.05, 3.63) is 84.0 Å². The molecule has 0 radical (unpaired) electrons. The molecule has 1 N–H and O–H groups in total. The molecule has 2 aromatic carbocycles. The fourth-order valence-corrected chi connectivity index (χ4v) is 3.20. The van der Waals surface area contributed by atoms with E-state index in [1.54, 1.807) is 50.5 Å². The summed E-state index contributed by atoms with van der Waals surface area (Å²) in [7, 11) is 1.70. The fourth-order valence-electron chi connectivity index (χ4n) is 3.20. The Labute approximate surface area is 205 Å². The number of rotatable bonds is 7. The van der Waals surface area contributed by atoms with E-state index in [2.05, 4.69) is 20.0 Å². The van der Waals surface area contributed by atoms with Gasteiger partial charge in [0.1, 0.15) is 17.2 Å². The van der Waals surface area contributed by atoms with Crippen LogP contribution < -0.4 is 10.1 Å². The van der Waals surface area contributed by atoms with Gasteiger partial charge in [0.15, 0.2) is 6.29 Å². The van der Waals surface area contributed by atoms with Gasteiger partial charge in [0.25, 0.3) is 5.92 Å². The molecule has 0 atom stereocenters. The van der Waals surface area contributed by atoms with Gasteiger partial charge in [-0.2, -0.15) is 8.78 Å². The number of anilines is 1. The lowest BCUT2D eigenvalue weighted by Crippen LogP contribution is -2.06. The Balaban J connectivity index is 0.000000253. The Morgan fingerprint density at radius 2 is 1.86 bits per heavy atom. The van der Waals surface area contributed by atoms with Crippen molar-refractivity contribution >= 4 is 12.0 Å². The molecule has 0 bridgehead atoms. The Morgan fingerprint density at radius 3 is 2.44 bits per heavy atom. The summed E-state index contributed by atoms with van der Waals surface area (Å²) in [5.74, 6) is -2.13. The molecule has 0 unspecified atom stereocenters. The predicted molar refractivity (Wildman–Crippen MR) is 127 cm³/mol. The Kier molecular flexibility index (Phi) is 8.42. The van der Waals surface area contributed by atoms with Gasteiger partial charge in [-0.1, -0.05) is 18.2 Å². The number of alkyl halides is 4. The summed E-state index contributed by atoms with van der Waals surface area (Å²) in [5.41, 5.74) is 2.49. The van der Waals surface area contributed by atoms with Crippen molar-refractivity contribution in [1.29, 1.82) is 0 Å². The van der Waals surface area contributed by atoms with Gasteiger partial charge < -0.3 is 14.5 Å². The zero-order valence-electron chi connectivity index (χ0n) is 19.6. The third-order valence-corrected chi connectivity index (χ3v) is 5.02. The average Bonchev–Trinajstić information content (AvgIpc) is 3.25.